The molecule has 0 bridgehead atoms. The van der Waals surface area contributed by atoms with Gasteiger partial charge in [-0.15, -0.1) is 22.7 Å². The van der Waals surface area contributed by atoms with E-state index in [1.54, 1.807) is 11.3 Å². The third-order valence-corrected chi connectivity index (χ3v) is 5.58. The van der Waals surface area contributed by atoms with E-state index in [0.29, 0.717) is 5.13 Å². The van der Waals surface area contributed by atoms with Gasteiger partial charge in [-0.05, 0) is 31.5 Å². The van der Waals surface area contributed by atoms with Crippen LogP contribution in [0, 0.1) is 13.8 Å². The van der Waals surface area contributed by atoms with Crippen LogP contribution in [0.5, 0.6) is 0 Å². The second kappa shape index (κ2) is 7.42. The van der Waals surface area contributed by atoms with Crippen LogP contribution < -0.4 is 5.32 Å². The Labute approximate surface area is 153 Å². The van der Waals surface area contributed by atoms with Crippen molar-refractivity contribution >= 4 is 45.3 Å². The molecule has 0 fully saturated rings. The van der Waals surface area contributed by atoms with Crippen LogP contribution in [-0.4, -0.2) is 15.9 Å². The molecule has 1 aromatic carbocycles. The van der Waals surface area contributed by atoms with E-state index in [1.807, 2.05) is 43.5 Å². The molecule has 1 amide bonds. The molecule has 4 nitrogen and oxygen atoms in total. The number of amides is 1. The van der Waals surface area contributed by atoms with E-state index in [4.69, 9.17) is 11.6 Å². The molecule has 0 spiro atoms. The molecule has 0 saturated carbocycles. The largest absolute Gasteiger partial charge is 0.302 e. The summed E-state index contributed by atoms with van der Waals surface area (Å²) in [4.78, 5) is 22.1. The van der Waals surface area contributed by atoms with Crippen LogP contribution in [0.4, 0.5) is 5.13 Å². The number of rotatable bonds is 5. The number of aryl methyl sites for hydroxylation is 2. The summed E-state index contributed by atoms with van der Waals surface area (Å²) in [7, 11) is 0. The molecule has 3 aromatic rings. The predicted molar refractivity (Wildman–Crippen MR) is 100 cm³/mol. The van der Waals surface area contributed by atoms with Gasteiger partial charge in [-0.1, -0.05) is 23.7 Å². The summed E-state index contributed by atoms with van der Waals surface area (Å²) in [5, 5.41) is 7.10. The van der Waals surface area contributed by atoms with Crippen molar-refractivity contribution in [1.29, 1.82) is 0 Å². The van der Waals surface area contributed by atoms with Crippen molar-refractivity contribution < 1.29 is 4.79 Å². The first-order valence-corrected chi connectivity index (χ1v) is 9.48. The minimum Gasteiger partial charge on any atom is -0.302 e. The van der Waals surface area contributed by atoms with E-state index < -0.39 is 0 Å². The van der Waals surface area contributed by atoms with Crippen molar-refractivity contribution in [1.82, 2.24) is 9.97 Å². The number of halogens is 1. The Hall–Kier alpha value is -1.76. The molecule has 0 saturated heterocycles. The summed E-state index contributed by atoms with van der Waals surface area (Å²) in [6, 6.07) is 7.73. The standard InChI is InChI=1S/C17H16ClN3OS2/c1-10-11(2)24-17(19-10)21-15(22)8-14-9-23-16(20-14)7-12-4-3-5-13(18)6-12/h3-6,9H,7-8H2,1-2H3,(H,19,21,22). The minimum atomic E-state index is -0.0941. The van der Waals surface area contributed by atoms with Crippen molar-refractivity contribution in [3.8, 4) is 0 Å². The van der Waals surface area contributed by atoms with Crippen molar-refractivity contribution in [2.45, 2.75) is 26.7 Å². The number of anilines is 1. The lowest BCUT2D eigenvalue weighted by Gasteiger charge is -2.00. The summed E-state index contributed by atoms with van der Waals surface area (Å²) in [5.41, 5.74) is 2.84. The summed E-state index contributed by atoms with van der Waals surface area (Å²) < 4.78 is 0. The van der Waals surface area contributed by atoms with Gasteiger partial charge < -0.3 is 5.32 Å². The zero-order valence-electron chi connectivity index (χ0n) is 13.3. The number of hydrogen-bond donors (Lipinski definition) is 1. The van der Waals surface area contributed by atoms with Gasteiger partial charge in [-0.25, -0.2) is 9.97 Å². The Morgan fingerprint density at radius 1 is 1.29 bits per heavy atom. The third kappa shape index (κ3) is 4.41. The number of nitrogens with zero attached hydrogens (tertiary/aromatic N) is 2. The summed E-state index contributed by atoms with van der Waals surface area (Å²) in [6.07, 6.45) is 0.974. The van der Waals surface area contributed by atoms with Gasteiger partial charge in [0.05, 0.1) is 22.8 Å². The molecule has 24 heavy (non-hydrogen) atoms. The van der Waals surface area contributed by atoms with E-state index in [-0.39, 0.29) is 12.3 Å². The van der Waals surface area contributed by atoms with Gasteiger partial charge in [-0.2, -0.15) is 0 Å². The second-order valence-electron chi connectivity index (χ2n) is 5.42. The lowest BCUT2D eigenvalue weighted by molar-refractivity contribution is -0.115. The number of nitrogens with one attached hydrogen (secondary N) is 1. The van der Waals surface area contributed by atoms with Crippen LogP contribution in [0.1, 0.15) is 26.8 Å². The zero-order chi connectivity index (χ0) is 17.1. The predicted octanol–water partition coefficient (Wildman–Crippen LogP) is 4.64. The van der Waals surface area contributed by atoms with Crippen molar-refractivity contribution in [3.63, 3.8) is 0 Å². The number of benzene rings is 1. The average Bonchev–Trinajstić information content (AvgIpc) is 3.06. The van der Waals surface area contributed by atoms with Gasteiger partial charge in [0.25, 0.3) is 0 Å². The maximum Gasteiger partial charge on any atom is 0.232 e. The fourth-order valence-electron chi connectivity index (χ4n) is 2.19. The number of thiazole rings is 2. The number of aromatic nitrogens is 2. The van der Waals surface area contributed by atoms with E-state index in [9.17, 15) is 4.79 Å². The van der Waals surface area contributed by atoms with Crippen LogP contribution in [-0.2, 0) is 17.6 Å². The van der Waals surface area contributed by atoms with Gasteiger partial charge in [0.1, 0.15) is 0 Å². The quantitative estimate of drug-likeness (QED) is 0.704. The van der Waals surface area contributed by atoms with Gasteiger partial charge in [0.2, 0.25) is 5.91 Å². The Bertz CT molecular complexity index is 853. The lowest BCUT2D eigenvalue weighted by atomic mass is 10.2. The fraction of sp³-hybridized carbons (Fsp3) is 0.235. The molecule has 1 N–H and O–H groups in total. The molecule has 2 aromatic heterocycles. The Balaban J connectivity index is 1.60. The van der Waals surface area contributed by atoms with Crippen LogP contribution in [0.2, 0.25) is 5.02 Å². The van der Waals surface area contributed by atoms with E-state index in [0.717, 1.165) is 38.3 Å². The van der Waals surface area contributed by atoms with Crippen molar-refractivity contribution in [2.75, 3.05) is 5.32 Å². The summed E-state index contributed by atoms with van der Waals surface area (Å²) in [6.45, 7) is 3.93. The molecule has 2 heterocycles. The van der Waals surface area contributed by atoms with Crippen molar-refractivity contribution in [3.05, 3.63) is 61.5 Å². The third-order valence-electron chi connectivity index (χ3n) is 3.46. The van der Waals surface area contributed by atoms with E-state index in [1.165, 1.54) is 11.3 Å². The SMILES string of the molecule is Cc1nc(NC(=O)Cc2csc(Cc3cccc(Cl)c3)n2)sc1C. The zero-order valence-corrected chi connectivity index (χ0v) is 15.7. The molecule has 0 unspecified atom stereocenters. The topological polar surface area (TPSA) is 54.9 Å². The summed E-state index contributed by atoms with van der Waals surface area (Å²) in [5.74, 6) is -0.0941. The molecule has 124 valence electrons. The highest BCUT2D eigenvalue weighted by atomic mass is 35.5. The van der Waals surface area contributed by atoms with Gasteiger partial charge in [0.15, 0.2) is 5.13 Å². The Morgan fingerprint density at radius 3 is 2.83 bits per heavy atom. The number of carbonyl (C=O) groups excluding carboxylic acids is 1. The molecule has 0 aliphatic carbocycles. The van der Waals surface area contributed by atoms with Gasteiger partial charge in [-0.3, -0.25) is 4.79 Å². The smallest absolute Gasteiger partial charge is 0.232 e. The van der Waals surface area contributed by atoms with Crippen LogP contribution in [0.3, 0.4) is 0 Å². The normalized spacial score (nSPS) is 10.8. The van der Waals surface area contributed by atoms with E-state index >= 15 is 0 Å². The molecule has 0 atom stereocenters. The van der Waals surface area contributed by atoms with Gasteiger partial charge in [0, 0.05) is 21.7 Å². The molecule has 0 aliphatic rings. The molecule has 7 heteroatoms. The van der Waals surface area contributed by atoms with Gasteiger partial charge >= 0.3 is 0 Å². The monoisotopic (exact) mass is 377 g/mol. The molecular weight excluding hydrogens is 362 g/mol. The highest BCUT2D eigenvalue weighted by Gasteiger charge is 2.11. The van der Waals surface area contributed by atoms with Crippen LogP contribution >= 0.6 is 34.3 Å². The Morgan fingerprint density at radius 2 is 2.12 bits per heavy atom. The first-order valence-electron chi connectivity index (χ1n) is 7.41. The molecular formula is C17H16ClN3OS2. The molecule has 0 aliphatic heterocycles. The summed E-state index contributed by atoms with van der Waals surface area (Å²) >= 11 is 9.05. The fourth-order valence-corrected chi connectivity index (χ4v) is 4.06. The van der Waals surface area contributed by atoms with Crippen molar-refractivity contribution in [2.24, 2.45) is 0 Å². The average molecular weight is 378 g/mol. The van der Waals surface area contributed by atoms with Crippen LogP contribution in [0.15, 0.2) is 29.6 Å². The Kier molecular flexibility index (Phi) is 5.28. The lowest BCUT2D eigenvalue weighted by Crippen LogP contribution is -2.14. The molecule has 3 rings (SSSR count). The highest BCUT2D eigenvalue weighted by molar-refractivity contribution is 7.15. The first kappa shape index (κ1) is 17.1. The molecule has 0 radical (unpaired) electrons. The maximum absolute atomic E-state index is 12.1. The maximum atomic E-state index is 12.1. The van der Waals surface area contributed by atoms with Crippen LogP contribution in [0.25, 0.3) is 0 Å². The second-order valence-corrected chi connectivity index (χ2v) is 8.01. The highest BCUT2D eigenvalue weighted by Crippen LogP contribution is 2.22. The number of hydrogen-bond acceptors (Lipinski definition) is 5. The number of carbonyl (C=O) groups is 1. The minimum absolute atomic E-state index is 0.0941. The first-order chi connectivity index (χ1) is 11.5. The van der Waals surface area contributed by atoms with E-state index in [2.05, 4.69) is 15.3 Å².